The molecule has 0 atom stereocenters. The van der Waals surface area contributed by atoms with Crippen molar-refractivity contribution in [2.24, 2.45) is 0 Å². The summed E-state index contributed by atoms with van der Waals surface area (Å²) in [6.07, 6.45) is 3.57. The van der Waals surface area contributed by atoms with Crippen LogP contribution >= 0.6 is 0 Å². The molecule has 15 heavy (non-hydrogen) atoms. The molecule has 78 valence electrons. The van der Waals surface area contributed by atoms with E-state index in [2.05, 4.69) is 4.98 Å². The number of aliphatic carboxylic acids is 1. The van der Waals surface area contributed by atoms with Crippen molar-refractivity contribution in [1.29, 1.82) is 0 Å². The number of nitrogens with zero attached hydrogens (tertiary/aromatic N) is 2. The van der Waals surface area contributed by atoms with Crippen LogP contribution in [0.1, 0.15) is 12.2 Å². The first-order valence-electron chi connectivity index (χ1n) is 4.53. The van der Waals surface area contributed by atoms with E-state index in [-0.39, 0.29) is 12.2 Å². The van der Waals surface area contributed by atoms with Gasteiger partial charge in [-0.1, -0.05) is 0 Å². The molecule has 0 bridgehead atoms. The van der Waals surface area contributed by atoms with Crippen molar-refractivity contribution in [3.8, 4) is 5.75 Å². The predicted molar refractivity (Wildman–Crippen MR) is 52.8 cm³/mol. The number of hydrogen-bond donors (Lipinski definition) is 2. The summed E-state index contributed by atoms with van der Waals surface area (Å²) in [6.45, 7) is 0. The minimum absolute atomic E-state index is 0.0365. The van der Waals surface area contributed by atoms with Crippen LogP contribution in [-0.2, 0) is 11.2 Å². The van der Waals surface area contributed by atoms with E-state index in [1.54, 1.807) is 22.7 Å². The van der Waals surface area contributed by atoms with Gasteiger partial charge in [0.2, 0.25) is 0 Å². The van der Waals surface area contributed by atoms with Gasteiger partial charge in [0.15, 0.2) is 0 Å². The van der Waals surface area contributed by atoms with Gasteiger partial charge in [0, 0.05) is 6.42 Å². The molecule has 2 aromatic rings. The fourth-order valence-electron chi connectivity index (χ4n) is 1.44. The van der Waals surface area contributed by atoms with Gasteiger partial charge in [0.05, 0.1) is 24.3 Å². The maximum absolute atomic E-state index is 10.4. The number of carboxylic acid groups (broad SMARTS) is 1. The summed E-state index contributed by atoms with van der Waals surface area (Å²) < 4.78 is 1.69. The van der Waals surface area contributed by atoms with E-state index in [0.29, 0.717) is 12.2 Å². The Balaban J connectivity index is 2.35. The maximum atomic E-state index is 10.4. The lowest BCUT2D eigenvalue weighted by atomic mass is 10.3. The fourth-order valence-corrected chi connectivity index (χ4v) is 1.44. The molecule has 0 spiro atoms. The highest BCUT2D eigenvalue weighted by Crippen LogP contribution is 2.14. The summed E-state index contributed by atoms with van der Waals surface area (Å²) in [5, 5.41) is 17.8. The Morgan fingerprint density at radius 2 is 2.27 bits per heavy atom. The fraction of sp³-hybridized carbons (Fsp3) is 0.200. The van der Waals surface area contributed by atoms with Crippen LogP contribution in [0.15, 0.2) is 24.5 Å². The quantitative estimate of drug-likeness (QED) is 0.787. The van der Waals surface area contributed by atoms with Gasteiger partial charge in [-0.15, -0.1) is 0 Å². The molecule has 2 aromatic heterocycles. The summed E-state index contributed by atoms with van der Waals surface area (Å²) in [7, 11) is 0. The van der Waals surface area contributed by atoms with Crippen LogP contribution < -0.4 is 0 Å². The van der Waals surface area contributed by atoms with Crippen molar-refractivity contribution in [1.82, 2.24) is 9.38 Å². The Kier molecular flexibility index (Phi) is 2.29. The van der Waals surface area contributed by atoms with Crippen molar-refractivity contribution < 1.29 is 15.0 Å². The lowest BCUT2D eigenvalue weighted by molar-refractivity contribution is -0.137. The SMILES string of the molecule is O=C(O)CCc1ncc2ccc(O)cn12. The minimum Gasteiger partial charge on any atom is -0.506 e. The number of fused-ring (bicyclic) bond motifs is 1. The Morgan fingerprint density at radius 3 is 3.00 bits per heavy atom. The molecule has 0 aromatic carbocycles. The molecule has 2 heterocycles. The lowest BCUT2D eigenvalue weighted by Crippen LogP contribution is -2.01. The number of aryl methyl sites for hydroxylation is 1. The molecule has 0 aliphatic rings. The van der Waals surface area contributed by atoms with Gasteiger partial charge in [-0.2, -0.15) is 0 Å². The Morgan fingerprint density at radius 1 is 1.47 bits per heavy atom. The molecule has 0 aliphatic heterocycles. The van der Waals surface area contributed by atoms with Crippen LogP contribution in [0.2, 0.25) is 0 Å². The molecule has 0 fully saturated rings. The standard InChI is InChI=1S/C10H10N2O3/c13-8-2-1-7-5-11-9(12(7)6-8)3-4-10(14)15/h1-2,5-6,13H,3-4H2,(H,14,15). The number of aromatic hydroxyl groups is 1. The smallest absolute Gasteiger partial charge is 0.303 e. The Bertz CT molecular complexity index is 504. The van der Waals surface area contributed by atoms with Crippen LogP contribution in [-0.4, -0.2) is 25.6 Å². The van der Waals surface area contributed by atoms with E-state index < -0.39 is 5.97 Å². The monoisotopic (exact) mass is 206 g/mol. The molecule has 5 heteroatoms. The molecular weight excluding hydrogens is 196 g/mol. The molecule has 2 rings (SSSR count). The largest absolute Gasteiger partial charge is 0.506 e. The van der Waals surface area contributed by atoms with Gasteiger partial charge in [0.25, 0.3) is 0 Å². The van der Waals surface area contributed by atoms with E-state index in [9.17, 15) is 9.90 Å². The molecule has 0 aliphatic carbocycles. The van der Waals surface area contributed by atoms with E-state index in [1.807, 2.05) is 0 Å². The van der Waals surface area contributed by atoms with E-state index in [4.69, 9.17) is 5.11 Å². The van der Waals surface area contributed by atoms with Gasteiger partial charge in [0.1, 0.15) is 11.6 Å². The summed E-state index contributed by atoms with van der Waals surface area (Å²) in [5.41, 5.74) is 0.841. The third kappa shape index (κ3) is 1.90. The third-order valence-electron chi connectivity index (χ3n) is 2.15. The molecule has 0 saturated carbocycles. The average Bonchev–Trinajstić information content (AvgIpc) is 2.57. The van der Waals surface area contributed by atoms with Gasteiger partial charge in [-0.25, -0.2) is 4.98 Å². The van der Waals surface area contributed by atoms with Crippen molar-refractivity contribution in [3.05, 3.63) is 30.4 Å². The van der Waals surface area contributed by atoms with Gasteiger partial charge < -0.3 is 14.6 Å². The van der Waals surface area contributed by atoms with Crippen LogP contribution in [0.25, 0.3) is 5.52 Å². The minimum atomic E-state index is -0.855. The van der Waals surface area contributed by atoms with E-state index in [1.165, 1.54) is 6.20 Å². The number of carbonyl (C=O) groups is 1. The number of pyridine rings is 1. The van der Waals surface area contributed by atoms with Crippen LogP contribution in [0, 0.1) is 0 Å². The molecule has 0 unspecified atom stereocenters. The number of aromatic nitrogens is 2. The van der Waals surface area contributed by atoms with E-state index >= 15 is 0 Å². The molecule has 0 radical (unpaired) electrons. The van der Waals surface area contributed by atoms with Gasteiger partial charge in [-0.05, 0) is 12.1 Å². The molecule has 2 N–H and O–H groups in total. The average molecular weight is 206 g/mol. The number of rotatable bonds is 3. The zero-order valence-electron chi connectivity index (χ0n) is 7.92. The maximum Gasteiger partial charge on any atom is 0.303 e. The summed E-state index contributed by atoms with van der Waals surface area (Å²) in [6, 6.07) is 3.30. The lowest BCUT2D eigenvalue weighted by Gasteiger charge is -1.99. The second-order valence-electron chi connectivity index (χ2n) is 3.25. The van der Waals surface area contributed by atoms with Crippen LogP contribution in [0.5, 0.6) is 5.75 Å². The highest BCUT2D eigenvalue weighted by molar-refractivity contribution is 5.67. The van der Waals surface area contributed by atoms with Crippen molar-refractivity contribution >= 4 is 11.5 Å². The van der Waals surface area contributed by atoms with Crippen molar-refractivity contribution in [2.75, 3.05) is 0 Å². The van der Waals surface area contributed by atoms with Gasteiger partial charge >= 0.3 is 5.97 Å². The van der Waals surface area contributed by atoms with Crippen LogP contribution in [0.4, 0.5) is 0 Å². The predicted octanol–water partition coefficient (Wildman–Crippen LogP) is 1.06. The number of carboxylic acids is 1. The highest BCUT2D eigenvalue weighted by Gasteiger charge is 2.06. The van der Waals surface area contributed by atoms with Crippen molar-refractivity contribution in [2.45, 2.75) is 12.8 Å². The topological polar surface area (TPSA) is 74.8 Å². The molecule has 0 amide bonds. The molecule has 0 saturated heterocycles. The second-order valence-corrected chi connectivity index (χ2v) is 3.25. The van der Waals surface area contributed by atoms with Crippen LogP contribution in [0.3, 0.4) is 0 Å². The third-order valence-corrected chi connectivity index (χ3v) is 2.15. The number of hydrogen-bond acceptors (Lipinski definition) is 3. The first-order valence-corrected chi connectivity index (χ1v) is 4.53. The van der Waals surface area contributed by atoms with E-state index in [0.717, 1.165) is 5.52 Å². The second kappa shape index (κ2) is 3.61. The van der Waals surface area contributed by atoms with Crippen molar-refractivity contribution in [3.63, 3.8) is 0 Å². The summed E-state index contributed by atoms with van der Waals surface area (Å²) in [5.74, 6) is -0.0766. The molecule has 5 nitrogen and oxygen atoms in total. The number of imidazole rings is 1. The highest BCUT2D eigenvalue weighted by atomic mass is 16.4. The zero-order valence-corrected chi connectivity index (χ0v) is 7.92. The van der Waals surface area contributed by atoms with Gasteiger partial charge in [-0.3, -0.25) is 4.79 Å². The summed E-state index contributed by atoms with van der Waals surface area (Å²) >= 11 is 0. The Labute approximate surface area is 85.6 Å². The zero-order chi connectivity index (χ0) is 10.8. The molecular formula is C10H10N2O3. The first kappa shape index (κ1) is 9.51. The Hall–Kier alpha value is -2.04. The normalized spacial score (nSPS) is 10.7. The first-order chi connectivity index (χ1) is 7.16. The summed E-state index contributed by atoms with van der Waals surface area (Å²) in [4.78, 5) is 14.5.